The van der Waals surface area contributed by atoms with E-state index in [1.807, 2.05) is 18.2 Å². The molecule has 2 aromatic rings. The second-order valence-corrected chi connectivity index (χ2v) is 8.87. The number of hydrogen-bond acceptors (Lipinski definition) is 4. The zero-order valence-electron chi connectivity index (χ0n) is 16.0. The Kier molecular flexibility index (Phi) is 6.36. The molecular weight excluding hydrogens is 376 g/mol. The zero-order chi connectivity index (χ0) is 20.0. The van der Waals surface area contributed by atoms with E-state index in [9.17, 15) is 13.2 Å². The van der Waals surface area contributed by atoms with Gasteiger partial charge >= 0.3 is 0 Å². The zero-order valence-corrected chi connectivity index (χ0v) is 16.8. The SMILES string of the molecule is COc1ccc(S(=O)(=O)NCCC(=O)NCC2(c3ccccc3)CCC2)cc1. The van der Waals surface area contributed by atoms with Gasteiger partial charge in [0.25, 0.3) is 0 Å². The first-order valence-electron chi connectivity index (χ1n) is 9.41. The molecular formula is C21H26N2O4S. The molecule has 1 saturated carbocycles. The third-order valence-corrected chi connectivity index (χ3v) is 6.81. The molecule has 0 atom stereocenters. The van der Waals surface area contributed by atoms with Crippen molar-refractivity contribution in [3.8, 4) is 5.75 Å². The molecule has 0 aliphatic heterocycles. The van der Waals surface area contributed by atoms with Crippen LogP contribution in [0, 0.1) is 0 Å². The predicted molar refractivity (Wildman–Crippen MR) is 108 cm³/mol. The number of ether oxygens (including phenoxy) is 1. The fraction of sp³-hybridized carbons (Fsp3) is 0.381. The van der Waals surface area contributed by atoms with Gasteiger partial charge in [-0.3, -0.25) is 4.79 Å². The second kappa shape index (κ2) is 8.75. The number of benzene rings is 2. The van der Waals surface area contributed by atoms with Gasteiger partial charge in [0.2, 0.25) is 15.9 Å². The Balaban J connectivity index is 1.47. The molecule has 0 heterocycles. The molecule has 1 amide bonds. The van der Waals surface area contributed by atoms with Crippen molar-refractivity contribution >= 4 is 15.9 Å². The maximum absolute atomic E-state index is 12.3. The Morgan fingerprint density at radius 1 is 1.07 bits per heavy atom. The van der Waals surface area contributed by atoms with Crippen molar-refractivity contribution in [1.82, 2.24) is 10.0 Å². The van der Waals surface area contributed by atoms with Gasteiger partial charge < -0.3 is 10.1 Å². The third kappa shape index (κ3) is 4.72. The molecule has 0 radical (unpaired) electrons. The summed E-state index contributed by atoms with van der Waals surface area (Å²) in [5.41, 5.74) is 1.27. The van der Waals surface area contributed by atoms with E-state index >= 15 is 0 Å². The van der Waals surface area contributed by atoms with Crippen LogP contribution < -0.4 is 14.8 Å². The number of sulfonamides is 1. The quantitative estimate of drug-likeness (QED) is 0.675. The molecule has 1 aliphatic rings. The molecule has 7 heteroatoms. The van der Waals surface area contributed by atoms with Crippen molar-refractivity contribution in [1.29, 1.82) is 0 Å². The summed E-state index contributed by atoms with van der Waals surface area (Å²) < 4.78 is 32.1. The first-order chi connectivity index (χ1) is 13.5. The average Bonchev–Trinajstić information content (AvgIpc) is 2.68. The van der Waals surface area contributed by atoms with E-state index in [0.717, 1.165) is 19.3 Å². The van der Waals surface area contributed by atoms with Crippen LogP contribution in [0.1, 0.15) is 31.2 Å². The lowest BCUT2D eigenvalue weighted by molar-refractivity contribution is -0.121. The van der Waals surface area contributed by atoms with E-state index in [2.05, 4.69) is 22.2 Å². The number of carbonyl (C=O) groups is 1. The Hall–Kier alpha value is -2.38. The van der Waals surface area contributed by atoms with Crippen LogP contribution in [0.3, 0.4) is 0 Å². The maximum atomic E-state index is 12.3. The fourth-order valence-corrected chi connectivity index (χ4v) is 4.49. The summed E-state index contributed by atoms with van der Waals surface area (Å²) in [6, 6.07) is 16.4. The van der Waals surface area contributed by atoms with Crippen LogP contribution in [0.2, 0.25) is 0 Å². The van der Waals surface area contributed by atoms with Gasteiger partial charge in [-0.05, 0) is 42.7 Å². The van der Waals surface area contributed by atoms with E-state index in [-0.39, 0.29) is 29.2 Å². The second-order valence-electron chi connectivity index (χ2n) is 7.10. The van der Waals surface area contributed by atoms with Gasteiger partial charge in [0.1, 0.15) is 5.75 Å². The largest absolute Gasteiger partial charge is 0.497 e. The van der Waals surface area contributed by atoms with Gasteiger partial charge in [-0.1, -0.05) is 36.8 Å². The average molecular weight is 403 g/mol. The number of nitrogens with one attached hydrogen (secondary N) is 2. The van der Waals surface area contributed by atoms with Crippen molar-refractivity contribution in [3.63, 3.8) is 0 Å². The van der Waals surface area contributed by atoms with E-state index in [0.29, 0.717) is 12.3 Å². The van der Waals surface area contributed by atoms with E-state index in [1.165, 1.54) is 24.8 Å². The van der Waals surface area contributed by atoms with E-state index in [4.69, 9.17) is 4.74 Å². The molecule has 1 fully saturated rings. The summed E-state index contributed by atoms with van der Waals surface area (Å²) in [6.07, 6.45) is 3.37. The fourth-order valence-electron chi connectivity index (χ4n) is 3.46. The molecule has 28 heavy (non-hydrogen) atoms. The molecule has 0 bridgehead atoms. The van der Waals surface area contributed by atoms with Crippen LogP contribution in [-0.4, -0.2) is 34.5 Å². The van der Waals surface area contributed by atoms with Gasteiger partial charge in [0, 0.05) is 24.9 Å². The Morgan fingerprint density at radius 3 is 2.32 bits per heavy atom. The van der Waals surface area contributed by atoms with Crippen LogP contribution in [0.25, 0.3) is 0 Å². The summed E-state index contributed by atoms with van der Waals surface area (Å²) in [5.74, 6) is 0.432. The molecule has 0 spiro atoms. The minimum absolute atomic E-state index is 0.0134. The molecule has 0 unspecified atom stereocenters. The molecule has 1 aliphatic carbocycles. The van der Waals surface area contributed by atoms with Crippen molar-refractivity contribution in [2.75, 3.05) is 20.2 Å². The number of methoxy groups -OCH3 is 1. The third-order valence-electron chi connectivity index (χ3n) is 5.33. The number of hydrogen-bond donors (Lipinski definition) is 2. The Morgan fingerprint density at radius 2 is 1.75 bits per heavy atom. The lowest BCUT2D eigenvalue weighted by Crippen LogP contribution is -2.46. The van der Waals surface area contributed by atoms with Crippen molar-refractivity contribution in [2.24, 2.45) is 0 Å². The predicted octanol–water partition coefficient (Wildman–Crippen LogP) is 2.60. The Labute approximate surface area is 166 Å². The van der Waals surface area contributed by atoms with Crippen LogP contribution in [0.4, 0.5) is 0 Å². The van der Waals surface area contributed by atoms with Crippen LogP contribution in [0.15, 0.2) is 59.5 Å². The lowest BCUT2D eigenvalue weighted by Gasteiger charge is -2.42. The van der Waals surface area contributed by atoms with Gasteiger partial charge in [-0.15, -0.1) is 0 Å². The Bertz CT molecular complexity index is 892. The highest BCUT2D eigenvalue weighted by Gasteiger charge is 2.38. The first-order valence-corrected chi connectivity index (χ1v) is 10.9. The van der Waals surface area contributed by atoms with Crippen molar-refractivity contribution in [3.05, 3.63) is 60.2 Å². The minimum atomic E-state index is -3.65. The number of rotatable bonds is 9. The molecule has 0 aromatic heterocycles. The van der Waals surface area contributed by atoms with Gasteiger partial charge in [0.15, 0.2) is 0 Å². The summed E-state index contributed by atoms with van der Waals surface area (Å²) >= 11 is 0. The number of carbonyl (C=O) groups excluding carboxylic acids is 1. The van der Waals surface area contributed by atoms with Crippen molar-refractivity contribution in [2.45, 2.75) is 36.0 Å². The molecule has 3 rings (SSSR count). The first kappa shape index (κ1) is 20.4. The smallest absolute Gasteiger partial charge is 0.240 e. The summed E-state index contributed by atoms with van der Waals surface area (Å²) in [7, 11) is -2.13. The molecule has 150 valence electrons. The van der Waals surface area contributed by atoms with Crippen LogP contribution >= 0.6 is 0 Å². The normalized spacial score (nSPS) is 15.5. The van der Waals surface area contributed by atoms with E-state index < -0.39 is 10.0 Å². The monoisotopic (exact) mass is 402 g/mol. The molecule has 6 nitrogen and oxygen atoms in total. The highest BCUT2D eigenvalue weighted by molar-refractivity contribution is 7.89. The number of amides is 1. The van der Waals surface area contributed by atoms with E-state index in [1.54, 1.807) is 12.1 Å². The highest BCUT2D eigenvalue weighted by atomic mass is 32.2. The molecule has 2 N–H and O–H groups in total. The summed E-state index contributed by atoms with van der Waals surface area (Å²) in [5, 5.41) is 2.97. The van der Waals surface area contributed by atoms with Gasteiger partial charge in [0.05, 0.1) is 12.0 Å². The summed E-state index contributed by atoms with van der Waals surface area (Å²) in [6.45, 7) is 0.639. The van der Waals surface area contributed by atoms with Gasteiger partial charge in [-0.2, -0.15) is 0 Å². The molecule has 2 aromatic carbocycles. The minimum Gasteiger partial charge on any atom is -0.497 e. The highest BCUT2D eigenvalue weighted by Crippen LogP contribution is 2.43. The van der Waals surface area contributed by atoms with Gasteiger partial charge in [-0.25, -0.2) is 13.1 Å². The lowest BCUT2D eigenvalue weighted by atomic mass is 9.64. The topological polar surface area (TPSA) is 84.5 Å². The van der Waals surface area contributed by atoms with Crippen LogP contribution in [-0.2, 0) is 20.2 Å². The van der Waals surface area contributed by atoms with Crippen LogP contribution in [0.5, 0.6) is 5.75 Å². The molecule has 0 saturated heterocycles. The standard InChI is InChI=1S/C21H26N2O4S/c1-27-18-8-10-19(11-9-18)28(25,26)23-15-12-20(24)22-16-21(13-5-14-21)17-6-3-2-4-7-17/h2-4,6-11,23H,5,12-16H2,1H3,(H,22,24). The maximum Gasteiger partial charge on any atom is 0.240 e. The summed E-state index contributed by atoms with van der Waals surface area (Å²) in [4.78, 5) is 12.3. The van der Waals surface area contributed by atoms with Crippen molar-refractivity contribution < 1.29 is 17.9 Å².